The van der Waals surface area contributed by atoms with E-state index in [0.717, 1.165) is 24.0 Å². The van der Waals surface area contributed by atoms with Crippen LogP contribution in [0.3, 0.4) is 0 Å². The minimum atomic E-state index is -1.72. The SMILES string of the molecule is Nc1ncnc2c1ncn2[C@]1(C2CCCc3ccccc32)O[C@H](C(O)C(=O)c2ccccc2)[C@@H](O)[C@H]1O. The molecule has 0 saturated carbocycles. The fraction of sp³-hybridized carbons (Fsp3) is 0.333. The number of ether oxygens (including phenoxy) is 1. The molecular weight excluding hydrogens is 474 g/mol. The fourth-order valence-electron chi connectivity index (χ4n) is 5.90. The van der Waals surface area contributed by atoms with Crippen LogP contribution in [0.2, 0.25) is 0 Å². The lowest BCUT2D eigenvalue weighted by Crippen LogP contribution is -2.50. The Labute approximate surface area is 212 Å². The van der Waals surface area contributed by atoms with Crippen molar-refractivity contribution in [1.29, 1.82) is 0 Å². The van der Waals surface area contributed by atoms with E-state index in [1.165, 1.54) is 12.7 Å². The van der Waals surface area contributed by atoms with Crippen LogP contribution >= 0.6 is 0 Å². The summed E-state index contributed by atoms with van der Waals surface area (Å²) in [5.74, 6) is -0.898. The molecule has 0 spiro atoms. The molecule has 2 aromatic heterocycles. The standard InChI is InChI=1S/C27H27N5O5/c28-25-19-26(30-13-29-25)32(14-31-19)27(18-12-6-10-15-7-4-5-11-17(15)18)24(36)22(35)23(37-27)21(34)20(33)16-8-2-1-3-9-16/h1-5,7-9,11,13-14,18,21-24,34-36H,6,10,12H2,(H2,28,29,30)/t18?,21?,22-,23-,24-,27-/m1/s1. The molecule has 37 heavy (non-hydrogen) atoms. The highest BCUT2D eigenvalue weighted by Crippen LogP contribution is 2.52. The number of benzene rings is 2. The van der Waals surface area contributed by atoms with Crippen LogP contribution in [0, 0.1) is 0 Å². The zero-order valence-corrected chi connectivity index (χ0v) is 19.9. The lowest BCUT2D eigenvalue weighted by atomic mass is 9.74. The summed E-state index contributed by atoms with van der Waals surface area (Å²) in [6.45, 7) is 0. The molecule has 3 heterocycles. The van der Waals surface area contributed by atoms with E-state index in [9.17, 15) is 20.1 Å². The lowest BCUT2D eigenvalue weighted by molar-refractivity contribution is -0.171. The first-order chi connectivity index (χ1) is 17.9. The minimum absolute atomic E-state index is 0.159. The predicted octanol–water partition coefficient (Wildman–Crippen LogP) is 1.55. The van der Waals surface area contributed by atoms with Crippen molar-refractivity contribution < 1.29 is 24.9 Å². The molecule has 0 radical (unpaired) electrons. The molecule has 1 aliphatic heterocycles. The number of carbonyl (C=O) groups excluding carboxylic acids is 1. The summed E-state index contributed by atoms with van der Waals surface area (Å²) in [6.07, 6.45) is -1.19. The predicted molar refractivity (Wildman–Crippen MR) is 133 cm³/mol. The van der Waals surface area contributed by atoms with E-state index in [1.54, 1.807) is 34.9 Å². The third-order valence-electron chi connectivity index (χ3n) is 7.65. The number of nitrogen functional groups attached to an aromatic ring is 1. The van der Waals surface area contributed by atoms with Crippen LogP contribution in [0.15, 0.2) is 67.3 Å². The number of imidazole rings is 1. The monoisotopic (exact) mass is 501 g/mol. The molecule has 4 aromatic rings. The van der Waals surface area contributed by atoms with E-state index in [1.807, 2.05) is 24.3 Å². The number of aromatic nitrogens is 4. The van der Waals surface area contributed by atoms with Crippen molar-refractivity contribution in [2.45, 2.75) is 55.3 Å². The molecule has 0 bridgehead atoms. The van der Waals surface area contributed by atoms with Crippen molar-refractivity contribution in [3.63, 3.8) is 0 Å². The highest BCUT2D eigenvalue weighted by atomic mass is 16.6. The number of fused-ring (bicyclic) bond motifs is 2. The third kappa shape index (κ3) is 3.56. The van der Waals surface area contributed by atoms with Crippen LogP contribution < -0.4 is 5.73 Å². The molecular formula is C27H27N5O5. The molecule has 10 nitrogen and oxygen atoms in total. The second kappa shape index (κ2) is 9.00. The number of carbonyl (C=O) groups is 1. The van der Waals surface area contributed by atoms with E-state index >= 15 is 0 Å². The van der Waals surface area contributed by atoms with Gasteiger partial charge in [-0.3, -0.25) is 9.36 Å². The molecule has 2 unspecified atom stereocenters. The number of rotatable bonds is 5. The van der Waals surface area contributed by atoms with E-state index in [2.05, 4.69) is 15.0 Å². The Hall–Kier alpha value is -3.70. The lowest BCUT2D eigenvalue weighted by Gasteiger charge is -2.43. The smallest absolute Gasteiger partial charge is 0.194 e. The van der Waals surface area contributed by atoms with Gasteiger partial charge in [0.25, 0.3) is 0 Å². The number of ketones is 1. The quantitative estimate of drug-likeness (QED) is 0.298. The van der Waals surface area contributed by atoms with Crippen LogP contribution in [-0.4, -0.2) is 65.0 Å². The maximum Gasteiger partial charge on any atom is 0.194 e. The van der Waals surface area contributed by atoms with Crippen molar-refractivity contribution in [3.05, 3.63) is 83.9 Å². The summed E-state index contributed by atoms with van der Waals surface area (Å²) >= 11 is 0. The van der Waals surface area contributed by atoms with E-state index in [0.29, 0.717) is 17.6 Å². The van der Waals surface area contributed by atoms with E-state index in [4.69, 9.17) is 10.5 Å². The summed E-state index contributed by atoms with van der Waals surface area (Å²) in [7, 11) is 0. The molecule has 2 aliphatic rings. The Balaban J connectivity index is 1.52. The van der Waals surface area contributed by atoms with Gasteiger partial charge in [-0.1, -0.05) is 54.6 Å². The van der Waals surface area contributed by atoms with E-state index in [-0.39, 0.29) is 11.4 Å². The van der Waals surface area contributed by atoms with Gasteiger partial charge in [-0.15, -0.1) is 0 Å². The number of anilines is 1. The molecule has 0 amide bonds. The highest BCUT2D eigenvalue weighted by Gasteiger charge is 2.62. The Morgan fingerprint density at radius 2 is 1.84 bits per heavy atom. The number of nitrogens with two attached hydrogens (primary N) is 1. The number of nitrogens with zero attached hydrogens (tertiary/aromatic N) is 4. The van der Waals surface area contributed by atoms with Gasteiger partial charge in [0.05, 0.1) is 6.33 Å². The van der Waals surface area contributed by atoms with Crippen molar-refractivity contribution in [1.82, 2.24) is 19.5 Å². The van der Waals surface area contributed by atoms with Gasteiger partial charge in [0.1, 0.15) is 36.3 Å². The Morgan fingerprint density at radius 1 is 1.08 bits per heavy atom. The zero-order chi connectivity index (χ0) is 25.7. The second-order valence-electron chi connectivity index (χ2n) is 9.63. The summed E-state index contributed by atoms with van der Waals surface area (Å²) < 4.78 is 8.09. The van der Waals surface area contributed by atoms with Crippen LogP contribution in [0.5, 0.6) is 0 Å². The average molecular weight is 502 g/mol. The summed E-state index contributed by atoms with van der Waals surface area (Å²) in [5.41, 5.74) is 7.37. The average Bonchev–Trinajstić information content (AvgIpc) is 3.49. The molecule has 1 aliphatic carbocycles. The van der Waals surface area contributed by atoms with E-state index < -0.39 is 41.8 Å². The molecule has 5 N–H and O–H groups in total. The Morgan fingerprint density at radius 3 is 2.65 bits per heavy atom. The fourth-order valence-corrected chi connectivity index (χ4v) is 5.90. The number of hydrogen-bond donors (Lipinski definition) is 4. The second-order valence-corrected chi connectivity index (χ2v) is 9.63. The molecule has 10 heteroatoms. The van der Waals surface area contributed by atoms with Crippen LogP contribution in [0.1, 0.15) is 40.2 Å². The topological polar surface area (TPSA) is 157 Å². The molecule has 6 rings (SSSR count). The molecule has 1 fully saturated rings. The molecule has 1 saturated heterocycles. The number of hydrogen-bond acceptors (Lipinski definition) is 9. The van der Waals surface area contributed by atoms with Crippen molar-refractivity contribution in [2.24, 2.45) is 0 Å². The van der Waals surface area contributed by atoms with Gasteiger partial charge in [0, 0.05) is 11.5 Å². The van der Waals surface area contributed by atoms with Crippen molar-refractivity contribution in [3.8, 4) is 0 Å². The number of Topliss-reactive ketones (excluding diaryl/α,β-unsaturated/α-hetero) is 1. The van der Waals surface area contributed by atoms with Crippen molar-refractivity contribution >= 4 is 22.8 Å². The zero-order valence-electron chi connectivity index (χ0n) is 19.9. The normalized spacial score (nSPS) is 28.2. The van der Waals surface area contributed by atoms with Gasteiger partial charge >= 0.3 is 0 Å². The highest BCUT2D eigenvalue weighted by molar-refractivity contribution is 5.99. The molecule has 6 atom stereocenters. The Kier molecular flexibility index (Phi) is 5.76. The largest absolute Gasteiger partial charge is 0.387 e. The molecule has 2 aromatic carbocycles. The van der Waals surface area contributed by atoms with Crippen molar-refractivity contribution in [2.75, 3.05) is 5.73 Å². The summed E-state index contributed by atoms with van der Waals surface area (Å²) in [6, 6.07) is 16.2. The number of aliphatic hydroxyl groups excluding tert-OH is 3. The number of aliphatic hydroxyl groups is 3. The summed E-state index contributed by atoms with van der Waals surface area (Å²) in [4.78, 5) is 25.9. The summed E-state index contributed by atoms with van der Waals surface area (Å²) in [5, 5.41) is 34.1. The van der Waals surface area contributed by atoms with Crippen LogP contribution in [0.4, 0.5) is 5.82 Å². The Bertz CT molecular complexity index is 1460. The third-order valence-corrected chi connectivity index (χ3v) is 7.65. The van der Waals surface area contributed by atoms with Gasteiger partial charge in [-0.05, 0) is 30.4 Å². The van der Waals surface area contributed by atoms with Gasteiger partial charge in [-0.2, -0.15) is 0 Å². The first-order valence-electron chi connectivity index (χ1n) is 12.3. The maximum atomic E-state index is 13.1. The maximum absolute atomic E-state index is 13.1. The van der Waals surface area contributed by atoms with Gasteiger partial charge in [-0.25, -0.2) is 15.0 Å². The van der Waals surface area contributed by atoms with Gasteiger partial charge in [0.2, 0.25) is 0 Å². The minimum Gasteiger partial charge on any atom is -0.387 e. The van der Waals surface area contributed by atoms with Crippen LogP contribution in [-0.2, 0) is 16.9 Å². The number of aryl methyl sites for hydroxylation is 1. The molecule has 190 valence electrons. The van der Waals surface area contributed by atoms with Gasteiger partial charge < -0.3 is 25.8 Å². The van der Waals surface area contributed by atoms with Crippen LogP contribution in [0.25, 0.3) is 11.2 Å². The first-order valence-corrected chi connectivity index (χ1v) is 12.3. The van der Waals surface area contributed by atoms with Gasteiger partial charge in [0.15, 0.2) is 23.0 Å². The first kappa shape index (κ1) is 23.7.